The molecule has 4 aromatic rings. The lowest BCUT2D eigenvalue weighted by atomic mass is 10.1. The molecule has 1 nitrogen and oxygen atoms in total. The number of benzene rings is 4. The molecule has 0 unspecified atom stereocenters. The van der Waals surface area contributed by atoms with Crippen LogP contribution in [-0.2, 0) is 0 Å². The van der Waals surface area contributed by atoms with E-state index in [2.05, 4.69) is 23.7 Å². The Hall–Kier alpha value is -4.36. The van der Waals surface area contributed by atoms with Gasteiger partial charge in [-0.1, -0.05) is 43.1 Å². The van der Waals surface area contributed by atoms with Crippen LogP contribution in [0.25, 0.3) is 10.8 Å². The Morgan fingerprint density at radius 3 is 2.08 bits per heavy atom. The molecule has 7 heteroatoms. The Morgan fingerprint density at radius 1 is 0.649 bits per heavy atom. The summed E-state index contributed by atoms with van der Waals surface area (Å²) >= 11 is 0. The lowest BCUT2D eigenvalue weighted by Gasteiger charge is -2.05. The highest BCUT2D eigenvalue weighted by Crippen LogP contribution is 2.24. The summed E-state index contributed by atoms with van der Waals surface area (Å²) in [5, 5.41) is -0.109. The van der Waals surface area contributed by atoms with Crippen LogP contribution in [0.3, 0.4) is 0 Å². The molecule has 0 aliphatic carbocycles. The number of unbranched alkanes of at least 4 members (excludes halogenated alkanes) is 1. The van der Waals surface area contributed by atoms with Crippen molar-refractivity contribution in [3.63, 3.8) is 0 Å². The van der Waals surface area contributed by atoms with Crippen molar-refractivity contribution < 1.29 is 31.1 Å². The number of fused-ring (bicyclic) bond motifs is 1. The minimum atomic E-state index is -1.59. The largest absolute Gasteiger partial charge is 0.493 e. The number of hydrogen-bond acceptors (Lipinski definition) is 1. The second kappa shape index (κ2) is 11.1. The summed E-state index contributed by atoms with van der Waals surface area (Å²) in [6.07, 6.45) is 1.78. The molecule has 0 N–H and O–H groups in total. The molecule has 0 saturated heterocycles. The average molecular weight is 508 g/mol. The zero-order chi connectivity index (χ0) is 26.5. The molecule has 4 aromatic carbocycles. The normalized spacial score (nSPS) is 10.5. The van der Waals surface area contributed by atoms with E-state index >= 15 is 0 Å². The standard InChI is InChI=1S/C30H18F6O/c1-2-3-12-37-22-9-8-20(25(31)17-22)7-4-19-14-26(32)24(27(33)15-19)11-6-18-5-10-23-21(13-18)16-28(34)30(36)29(23)35/h5,8-10,13-17H,2-3,12H2,1H3. The van der Waals surface area contributed by atoms with Crippen LogP contribution in [0.15, 0.2) is 54.6 Å². The van der Waals surface area contributed by atoms with Gasteiger partial charge >= 0.3 is 0 Å². The van der Waals surface area contributed by atoms with Crippen LogP contribution in [0.5, 0.6) is 5.75 Å². The zero-order valence-corrected chi connectivity index (χ0v) is 19.5. The van der Waals surface area contributed by atoms with Gasteiger partial charge in [0.1, 0.15) is 23.2 Å². The molecule has 186 valence electrons. The summed E-state index contributed by atoms with van der Waals surface area (Å²) < 4.78 is 89.7. The number of halogens is 6. The van der Waals surface area contributed by atoms with E-state index in [4.69, 9.17) is 4.74 Å². The third kappa shape index (κ3) is 5.90. The highest BCUT2D eigenvalue weighted by molar-refractivity contribution is 5.84. The number of hydrogen-bond donors (Lipinski definition) is 0. The van der Waals surface area contributed by atoms with Gasteiger partial charge in [-0.15, -0.1) is 0 Å². The van der Waals surface area contributed by atoms with E-state index in [0.29, 0.717) is 12.4 Å². The summed E-state index contributed by atoms with van der Waals surface area (Å²) in [6.45, 7) is 2.47. The summed E-state index contributed by atoms with van der Waals surface area (Å²) in [6, 6.07) is 10.7. The van der Waals surface area contributed by atoms with Crippen LogP contribution in [0.2, 0.25) is 0 Å². The van der Waals surface area contributed by atoms with Crippen LogP contribution in [0, 0.1) is 58.6 Å². The van der Waals surface area contributed by atoms with Gasteiger partial charge in [-0.25, -0.2) is 26.3 Å². The van der Waals surface area contributed by atoms with E-state index in [1.165, 1.54) is 30.3 Å². The van der Waals surface area contributed by atoms with Gasteiger partial charge in [0.2, 0.25) is 0 Å². The molecule has 0 aliphatic rings. The first-order valence-corrected chi connectivity index (χ1v) is 11.3. The van der Waals surface area contributed by atoms with Gasteiger partial charge in [-0.3, -0.25) is 0 Å². The van der Waals surface area contributed by atoms with E-state index in [-0.39, 0.29) is 27.5 Å². The highest BCUT2D eigenvalue weighted by atomic mass is 19.2. The maximum absolute atomic E-state index is 14.6. The van der Waals surface area contributed by atoms with E-state index in [0.717, 1.165) is 31.0 Å². The monoisotopic (exact) mass is 508 g/mol. The molecular weight excluding hydrogens is 490 g/mol. The lowest BCUT2D eigenvalue weighted by Crippen LogP contribution is -1.97. The Morgan fingerprint density at radius 2 is 1.38 bits per heavy atom. The van der Waals surface area contributed by atoms with Crippen LogP contribution < -0.4 is 4.74 Å². The van der Waals surface area contributed by atoms with Gasteiger partial charge in [0.15, 0.2) is 17.5 Å². The molecule has 0 saturated carbocycles. The Bertz CT molecular complexity index is 1600. The molecule has 0 spiro atoms. The summed E-state index contributed by atoms with van der Waals surface area (Å²) in [4.78, 5) is 0. The summed E-state index contributed by atoms with van der Waals surface area (Å²) in [5.74, 6) is 3.45. The fraction of sp³-hybridized carbons (Fsp3) is 0.133. The smallest absolute Gasteiger partial charge is 0.195 e. The van der Waals surface area contributed by atoms with Gasteiger partial charge in [0.05, 0.1) is 17.7 Å². The van der Waals surface area contributed by atoms with E-state index in [1.54, 1.807) is 6.07 Å². The molecule has 0 radical (unpaired) electrons. The van der Waals surface area contributed by atoms with Gasteiger partial charge in [0, 0.05) is 22.6 Å². The zero-order valence-electron chi connectivity index (χ0n) is 19.5. The van der Waals surface area contributed by atoms with Gasteiger partial charge in [0.25, 0.3) is 0 Å². The van der Waals surface area contributed by atoms with Gasteiger partial charge in [-0.05, 0) is 54.3 Å². The van der Waals surface area contributed by atoms with Crippen molar-refractivity contribution in [2.75, 3.05) is 6.61 Å². The van der Waals surface area contributed by atoms with Crippen molar-refractivity contribution >= 4 is 10.8 Å². The highest BCUT2D eigenvalue weighted by Gasteiger charge is 2.13. The van der Waals surface area contributed by atoms with Crippen LogP contribution in [-0.4, -0.2) is 6.61 Å². The molecule has 0 bridgehead atoms. The molecule has 4 rings (SSSR count). The van der Waals surface area contributed by atoms with Crippen molar-refractivity contribution in [1.29, 1.82) is 0 Å². The molecule has 0 heterocycles. The molecular formula is C30H18F6O. The first-order chi connectivity index (χ1) is 17.8. The summed E-state index contributed by atoms with van der Waals surface area (Å²) in [5.41, 5.74) is -0.321. The van der Waals surface area contributed by atoms with Crippen molar-refractivity contribution in [3.8, 4) is 29.4 Å². The van der Waals surface area contributed by atoms with Crippen LogP contribution in [0.4, 0.5) is 26.3 Å². The Labute approximate surface area is 209 Å². The van der Waals surface area contributed by atoms with E-state index in [9.17, 15) is 26.3 Å². The minimum absolute atomic E-state index is 0.0260. The lowest BCUT2D eigenvalue weighted by molar-refractivity contribution is 0.308. The second-order valence-electron chi connectivity index (χ2n) is 8.08. The third-order valence-electron chi connectivity index (χ3n) is 5.40. The number of ether oxygens (including phenoxy) is 1. The molecule has 37 heavy (non-hydrogen) atoms. The molecule has 0 fully saturated rings. The Balaban J connectivity index is 1.56. The molecule has 0 aromatic heterocycles. The van der Waals surface area contributed by atoms with E-state index in [1.807, 2.05) is 6.92 Å². The van der Waals surface area contributed by atoms with Crippen molar-refractivity contribution in [2.24, 2.45) is 0 Å². The molecule has 0 atom stereocenters. The third-order valence-corrected chi connectivity index (χ3v) is 5.40. The first-order valence-electron chi connectivity index (χ1n) is 11.3. The average Bonchev–Trinajstić information content (AvgIpc) is 2.86. The fourth-order valence-corrected chi connectivity index (χ4v) is 3.44. The number of rotatable bonds is 4. The Kier molecular flexibility index (Phi) is 7.74. The predicted molar refractivity (Wildman–Crippen MR) is 129 cm³/mol. The van der Waals surface area contributed by atoms with Crippen molar-refractivity contribution in [2.45, 2.75) is 19.8 Å². The first kappa shape index (κ1) is 25.7. The molecule has 0 aliphatic heterocycles. The van der Waals surface area contributed by atoms with E-state index < -0.39 is 40.5 Å². The maximum Gasteiger partial charge on any atom is 0.195 e. The SMILES string of the molecule is CCCCOc1ccc(C#Cc2cc(F)c(C#Cc3ccc4c(F)c(F)c(F)cc4c3)c(F)c2)c(F)c1. The van der Waals surface area contributed by atoms with Crippen molar-refractivity contribution in [3.05, 3.63) is 112 Å². The fourth-order valence-electron chi connectivity index (χ4n) is 3.44. The summed E-state index contributed by atoms with van der Waals surface area (Å²) in [7, 11) is 0. The maximum atomic E-state index is 14.6. The van der Waals surface area contributed by atoms with Crippen LogP contribution in [0.1, 0.15) is 42.0 Å². The molecule has 0 amide bonds. The predicted octanol–water partition coefficient (Wildman–Crippen LogP) is 7.65. The minimum Gasteiger partial charge on any atom is -0.493 e. The van der Waals surface area contributed by atoms with Crippen LogP contribution >= 0.6 is 0 Å². The van der Waals surface area contributed by atoms with Gasteiger partial charge < -0.3 is 4.74 Å². The topological polar surface area (TPSA) is 9.23 Å². The van der Waals surface area contributed by atoms with Gasteiger partial charge in [-0.2, -0.15) is 0 Å². The quantitative estimate of drug-likeness (QED) is 0.119. The second-order valence-corrected chi connectivity index (χ2v) is 8.08. The van der Waals surface area contributed by atoms with Crippen molar-refractivity contribution in [1.82, 2.24) is 0 Å².